The van der Waals surface area contributed by atoms with Gasteiger partial charge in [-0.3, -0.25) is 19.7 Å². The zero-order valence-corrected chi connectivity index (χ0v) is 15.2. The van der Waals surface area contributed by atoms with Crippen LogP contribution in [0.15, 0.2) is 42.5 Å². The third-order valence-electron chi connectivity index (χ3n) is 4.25. The maximum atomic E-state index is 12.3. The summed E-state index contributed by atoms with van der Waals surface area (Å²) in [5, 5.41) is 13.3. The number of nitro groups is 1. The monoisotopic (exact) mass is 385 g/mol. The van der Waals surface area contributed by atoms with Crippen LogP contribution in [0.2, 0.25) is 0 Å². The number of ether oxygens (including phenoxy) is 2. The highest BCUT2D eigenvalue weighted by atomic mass is 16.7. The molecule has 3 rings (SSSR count). The average molecular weight is 385 g/mol. The summed E-state index contributed by atoms with van der Waals surface area (Å²) >= 11 is 0. The molecule has 0 unspecified atom stereocenters. The second-order valence-corrected chi connectivity index (χ2v) is 6.25. The highest BCUT2D eigenvalue weighted by molar-refractivity contribution is 5.94. The summed E-state index contributed by atoms with van der Waals surface area (Å²) in [5.41, 5.74) is 1.12. The molecule has 9 nitrogen and oxygen atoms in total. The Morgan fingerprint density at radius 3 is 2.57 bits per heavy atom. The number of fused-ring (bicyclic) bond motifs is 1. The van der Waals surface area contributed by atoms with Gasteiger partial charge in [0.1, 0.15) is 0 Å². The van der Waals surface area contributed by atoms with E-state index in [9.17, 15) is 19.7 Å². The number of non-ortho nitro benzene ring substituents is 1. The van der Waals surface area contributed by atoms with Crippen LogP contribution in [0.5, 0.6) is 11.5 Å². The Balaban J connectivity index is 1.45. The fraction of sp³-hybridized carbons (Fsp3) is 0.263. The maximum absolute atomic E-state index is 12.3. The molecule has 0 fully saturated rings. The van der Waals surface area contributed by atoms with Gasteiger partial charge in [-0.1, -0.05) is 6.07 Å². The SMILES string of the molecule is CN(Cc1ccc2c(c1)OCO2)C(=O)CCNC(=O)c1ccc([N+](=O)[O-])cc1. The Morgan fingerprint density at radius 1 is 1.14 bits per heavy atom. The molecule has 0 atom stereocenters. The van der Waals surface area contributed by atoms with Crippen molar-refractivity contribution in [2.24, 2.45) is 0 Å². The van der Waals surface area contributed by atoms with Crippen LogP contribution in [-0.2, 0) is 11.3 Å². The molecule has 1 aliphatic rings. The summed E-state index contributed by atoms with van der Waals surface area (Å²) in [5.74, 6) is 0.836. The number of nitrogens with zero attached hydrogens (tertiary/aromatic N) is 2. The highest BCUT2D eigenvalue weighted by Crippen LogP contribution is 2.32. The molecule has 2 aromatic rings. The number of nitrogens with one attached hydrogen (secondary N) is 1. The van der Waals surface area contributed by atoms with Crippen molar-refractivity contribution < 1.29 is 24.0 Å². The van der Waals surface area contributed by atoms with Crippen molar-refractivity contribution in [2.75, 3.05) is 20.4 Å². The predicted octanol–water partition coefficient (Wildman–Crippen LogP) is 2.10. The fourth-order valence-corrected chi connectivity index (χ4v) is 2.71. The molecule has 0 radical (unpaired) electrons. The Labute approximate surface area is 161 Å². The van der Waals surface area contributed by atoms with E-state index >= 15 is 0 Å². The summed E-state index contributed by atoms with van der Waals surface area (Å²) in [4.78, 5) is 36.0. The first-order valence-electron chi connectivity index (χ1n) is 8.59. The third-order valence-corrected chi connectivity index (χ3v) is 4.25. The lowest BCUT2D eigenvalue weighted by atomic mass is 10.2. The van der Waals surface area contributed by atoms with Gasteiger partial charge in [-0.25, -0.2) is 0 Å². The second kappa shape index (κ2) is 8.38. The van der Waals surface area contributed by atoms with Crippen LogP contribution in [0.25, 0.3) is 0 Å². The molecule has 146 valence electrons. The van der Waals surface area contributed by atoms with E-state index in [4.69, 9.17) is 9.47 Å². The normalized spacial score (nSPS) is 11.8. The van der Waals surface area contributed by atoms with E-state index in [1.54, 1.807) is 18.0 Å². The molecule has 0 bridgehead atoms. The van der Waals surface area contributed by atoms with Crippen LogP contribution in [0.4, 0.5) is 5.69 Å². The lowest BCUT2D eigenvalue weighted by Crippen LogP contribution is -2.31. The van der Waals surface area contributed by atoms with Crippen molar-refractivity contribution in [1.29, 1.82) is 0 Å². The van der Waals surface area contributed by atoms with Gasteiger partial charge >= 0.3 is 0 Å². The molecule has 1 N–H and O–H groups in total. The lowest BCUT2D eigenvalue weighted by Gasteiger charge is -2.17. The standard InChI is InChI=1S/C19H19N3O6/c1-21(11-13-2-7-16-17(10-13)28-12-27-16)18(23)8-9-20-19(24)14-3-5-15(6-4-14)22(25)26/h2-7,10H,8-9,11-12H2,1H3,(H,20,24). The molecule has 28 heavy (non-hydrogen) atoms. The van der Waals surface area contributed by atoms with Crippen LogP contribution in [0.1, 0.15) is 22.3 Å². The maximum Gasteiger partial charge on any atom is 0.269 e. The molecule has 0 saturated heterocycles. The molecular formula is C19H19N3O6. The van der Waals surface area contributed by atoms with Gasteiger partial charge in [0, 0.05) is 44.3 Å². The average Bonchev–Trinajstić information content (AvgIpc) is 3.15. The first-order valence-corrected chi connectivity index (χ1v) is 8.59. The largest absolute Gasteiger partial charge is 0.454 e. The number of carbonyl (C=O) groups excluding carboxylic acids is 2. The Kier molecular flexibility index (Phi) is 5.73. The number of amides is 2. The molecule has 1 heterocycles. The molecule has 1 aliphatic heterocycles. The topological polar surface area (TPSA) is 111 Å². The van der Waals surface area contributed by atoms with Crippen LogP contribution < -0.4 is 14.8 Å². The third kappa shape index (κ3) is 4.56. The minimum atomic E-state index is -0.531. The van der Waals surface area contributed by atoms with Crippen LogP contribution in [-0.4, -0.2) is 42.0 Å². The van der Waals surface area contributed by atoms with E-state index in [0.717, 1.165) is 5.56 Å². The number of rotatable bonds is 7. The molecule has 2 aromatic carbocycles. The summed E-state index contributed by atoms with van der Waals surface area (Å²) < 4.78 is 10.6. The van der Waals surface area contributed by atoms with Gasteiger partial charge in [0.05, 0.1) is 4.92 Å². The Hall–Kier alpha value is -3.62. The van der Waals surface area contributed by atoms with Gasteiger partial charge in [0.15, 0.2) is 11.5 Å². The molecule has 0 saturated carbocycles. The number of hydrogen-bond acceptors (Lipinski definition) is 6. The number of carbonyl (C=O) groups is 2. The first kappa shape index (κ1) is 19.2. The molecule has 0 aliphatic carbocycles. The van der Waals surface area contributed by atoms with E-state index in [-0.39, 0.29) is 37.3 Å². The van der Waals surface area contributed by atoms with Crippen molar-refractivity contribution in [3.05, 3.63) is 63.7 Å². The van der Waals surface area contributed by atoms with Crippen LogP contribution >= 0.6 is 0 Å². The van der Waals surface area contributed by atoms with E-state index < -0.39 is 4.92 Å². The summed E-state index contributed by atoms with van der Waals surface area (Å²) in [6, 6.07) is 10.8. The van der Waals surface area contributed by atoms with E-state index in [1.807, 2.05) is 12.1 Å². The zero-order valence-electron chi connectivity index (χ0n) is 15.2. The Morgan fingerprint density at radius 2 is 1.86 bits per heavy atom. The smallest absolute Gasteiger partial charge is 0.269 e. The van der Waals surface area contributed by atoms with Crippen molar-refractivity contribution in [2.45, 2.75) is 13.0 Å². The zero-order chi connectivity index (χ0) is 20.1. The minimum Gasteiger partial charge on any atom is -0.454 e. The van der Waals surface area contributed by atoms with E-state index in [0.29, 0.717) is 23.6 Å². The van der Waals surface area contributed by atoms with E-state index in [2.05, 4.69) is 5.32 Å². The van der Waals surface area contributed by atoms with Crippen molar-refractivity contribution in [1.82, 2.24) is 10.2 Å². The van der Waals surface area contributed by atoms with Crippen LogP contribution in [0, 0.1) is 10.1 Å². The highest BCUT2D eigenvalue weighted by Gasteiger charge is 2.16. The molecule has 0 aromatic heterocycles. The van der Waals surface area contributed by atoms with Gasteiger partial charge < -0.3 is 19.7 Å². The quantitative estimate of drug-likeness (QED) is 0.577. The summed E-state index contributed by atoms with van der Waals surface area (Å²) in [7, 11) is 1.69. The van der Waals surface area contributed by atoms with Crippen molar-refractivity contribution in [3.8, 4) is 11.5 Å². The fourth-order valence-electron chi connectivity index (χ4n) is 2.71. The predicted molar refractivity (Wildman–Crippen MR) is 99.1 cm³/mol. The summed E-state index contributed by atoms with van der Waals surface area (Å²) in [6.07, 6.45) is 0.139. The molecule has 9 heteroatoms. The molecule has 2 amide bonds. The number of hydrogen-bond donors (Lipinski definition) is 1. The van der Waals surface area contributed by atoms with Gasteiger partial charge in [0.2, 0.25) is 12.7 Å². The number of nitro benzene ring substituents is 1. The first-order chi connectivity index (χ1) is 13.4. The van der Waals surface area contributed by atoms with Crippen molar-refractivity contribution in [3.63, 3.8) is 0 Å². The van der Waals surface area contributed by atoms with Gasteiger partial charge in [-0.05, 0) is 29.8 Å². The number of benzene rings is 2. The second-order valence-electron chi connectivity index (χ2n) is 6.25. The lowest BCUT2D eigenvalue weighted by molar-refractivity contribution is -0.384. The Bertz CT molecular complexity index is 897. The molecular weight excluding hydrogens is 366 g/mol. The van der Waals surface area contributed by atoms with Gasteiger partial charge in [-0.2, -0.15) is 0 Å². The van der Waals surface area contributed by atoms with Crippen molar-refractivity contribution >= 4 is 17.5 Å². The van der Waals surface area contributed by atoms with Gasteiger partial charge in [0.25, 0.3) is 11.6 Å². The molecule has 0 spiro atoms. The minimum absolute atomic E-state index is 0.0862. The van der Waals surface area contributed by atoms with Gasteiger partial charge in [-0.15, -0.1) is 0 Å². The summed E-state index contributed by atoms with van der Waals surface area (Å²) in [6.45, 7) is 0.772. The van der Waals surface area contributed by atoms with Crippen LogP contribution in [0.3, 0.4) is 0 Å². The van der Waals surface area contributed by atoms with E-state index in [1.165, 1.54) is 24.3 Å².